The van der Waals surface area contributed by atoms with Gasteiger partial charge in [0, 0.05) is 19.1 Å². The summed E-state index contributed by atoms with van der Waals surface area (Å²) in [6.45, 7) is 3.63. The summed E-state index contributed by atoms with van der Waals surface area (Å²) in [6.07, 6.45) is 1.36. The highest BCUT2D eigenvalue weighted by Gasteiger charge is 2.34. The molecule has 144 valence electrons. The molecule has 0 aliphatic carbocycles. The highest BCUT2D eigenvalue weighted by molar-refractivity contribution is 5.94. The molecule has 2 aliphatic rings. The van der Waals surface area contributed by atoms with Crippen molar-refractivity contribution in [2.45, 2.75) is 50.7 Å². The number of likely N-dealkylation sites (tertiary alicyclic amines) is 2. The first-order valence-electron chi connectivity index (χ1n) is 9.20. The van der Waals surface area contributed by atoms with Gasteiger partial charge in [-0.1, -0.05) is 0 Å². The van der Waals surface area contributed by atoms with Crippen molar-refractivity contribution < 1.29 is 18.0 Å². The van der Waals surface area contributed by atoms with Gasteiger partial charge >= 0.3 is 6.18 Å². The van der Waals surface area contributed by atoms with E-state index in [1.165, 1.54) is 12.8 Å². The normalized spacial score (nSPS) is 22.0. The van der Waals surface area contributed by atoms with Gasteiger partial charge in [-0.05, 0) is 63.7 Å². The van der Waals surface area contributed by atoms with E-state index in [0.29, 0.717) is 6.54 Å². The van der Waals surface area contributed by atoms with Crippen LogP contribution in [-0.4, -0.2) is 52.9 Å². The van der Waals surface area contributed by atoms with Gasteiger partial charge < -0.3 is 14.8 Å². The smallest absolute Gasteiger partial charge is 0.335 e. The minimum atomic E-state index is -4.63. The van der Waals surface area contributed by atoms with E-state index in [4.69, 9.17) is 0 Å². The molecule has 5 nitrogen and oxygen atoms in total. The molecule has 0 bridgehead atoms. The Morgan fingerprint density at radius 2 is 1.81 bits per heavy atom. The predicted octanol–water partition coefficient (Wildman–Crippen LogP) is 2.87. The molecule has 1 amide bonds. The Kier molecular flexibility index (Phi) is 5.70. The molecule has 1 N–H and O–H groups in total. The summed E-state index contributed by atoms with van der Waals surface area (Å²) >= 11 is 0. The number of piperidine rings is 1. The van der Waals surface area contributed by atoms with Crippen molar-refractivity contribution in [3.63, 3.8) is 0 Å². The van der Waals surface area contributed by atoms with Crippen molar-refractivity contribution in [1.82, 2.24) is 14.8 Å². The van der Waals surface area contributed by atoms with Crippen LogP contribution in [0.2, 0.25) is 0 Å². The number of hydrogen-bond acceptors (Lipinski definition) is 3. The van der Waals surface area contributed by atoms with Gasteiger partial charge in [-0.15, -0.1) is 0 Å². The van der Waals surface area contributed by atoms with Crippen LogP contribution in [0.25, 0.3) is 0 Å². The second kappa shape index (κ2) is 7.82. The lowest BCUT2D eigenvalue weighted by molar-refractivity contribution is -0.141. The Morgan fingerprint density at radius 3 is 2.46 bits per heavy atom. The topological polar surface area (TPSA) is 56.4 Å². The third-order valence-electron chi connectivity index (χ3n) is 5.31. The Balaban J connectivity index is 1.72. The molecule has 1 aromatic rings. The molecular formula is C18H24F3N3O2. The summed E-state index contributed by atoms with van der Waals surface area (Å²) in [6, 6.07) is 1.80. The zero-order chi connectivity index (χ0) is 18.7. The minimum Gasteiger partial charge on any atom is -0.335 e. The van der Waals surface area contributed by atoms with Gasteiger partial charge in [0.25, 0.3) is 11.5 Å². The standard InChI is InChI=1S/C18H24F3N3O2/c19-18(20,21)15-7-6-14(16(25)22-15)17(26)24-11-2-1-5-13(24)8-12-23-9-3-4-10-23/h6-7,13H,1-5,8-12H2,(H,22,25). The van der Waals surface area contributed by atoms with Gasteiger partial charge in [0.1, 0.15) is 11.3 Å². The third-order valence-corrected chi connectivity index (χ3v) is 5.31. The van der Waals surface area contributed by atoms with Crippen LogP contribution in [0.5, 0.6) is 0 Å². The van der Waals surface area contributed by atoms with Gasteiger partial charge in [0.2, 0.25) is 0 Å². The first-order chi connectivity index (χ1) is 12.4. The van der Waals surface area contributed by atoms with E-state index < -0.39 is 23.3 Å². The van der Waals surface area contributed by atoms with Crippen LogP contribution in [0.3, 0.4) is 0 Å². The van der Waals surface area contributed by atoms with Gasteiger partial charge in [-0.25, -0.2) is 0 Å². The monoisotopic (exact) mass is 371 g/mol. The number of carbonyl (C=O) groups is 1. The molecule has 0 aromatic carbocycles. The van der Waals surface area contributed by atoms with E-state index in [-0.39, 0.29) is 11.6 Å². The maximum Gasteiger partial charge on any atom is 0.431 e. The van der Waals surface area contributed by atoms with Crippen molar-refractivity contribution in [3.8, 4) is 0 Å². The average molecular weight is 371 g/mol. The molecule has 2 fully saturated rings. The number of aromatic nitrogens is 1. The summed E-state index contributed by atoms with van der Waals surface area (Å²) in [4.78, 5) is 30.7. The molecule has 1 aromatic heterocycles. The van der Waals surface area contributed by atoms with Gasteiger partial charge in [0.15, 0.2) is 0 Å². The lowest BCUT2D eigenvalue weighted by Crippen LogP contribution is -2.46. The zero-order valence-corrected chi connectivity index (χ0v) is 14.6. The number of alkyl halides is 3. The molecule has 0 spiro atoms. The van der Waals surface area contributed by atoms with E-state index in [1.807, 2.05) is 0 Å². The Bertz CT molecular complexity index is 696. The van der Waals surface area contributed by atoms with E-state index in [0.717, 1.165) is 57.5 Å². The fraction of sp³-hybridized carbons (Fsp3) is 0.667. The molecule has 1 atom stereocenters. The zero-order valence-electron chi connectivity index (χ0n) is 14.6. The number of amides is 1. The number of pyridine rings is 1. The molecule has 2 saturated heterocycles. The summed E-state index contributed by atoms with van der Waals surface area (Å²) in [7, 11) is 0. The lowest BCUT2D eigenvalue weighted by atomic mass is 9.98. The predicted molar refractivity (Wildman–Crippen MR) is 91.0 cm³/mol. The van der Waals surface area contributed by atoms with Crippen molar-refractivity contribution in [3.05, 3.63) is 33.7 Å². The Hall–Kier alpha value is -1.83. The minimum absolute atomic E-state index is 0.0403. The number of carbonyl (C=O) groups excluding carboxylic acids is 1. The molecular weight excluding hydrogens is 347 g/mol. The van der Waals surface area contributed by atoms with Crippen LogP contribution in [0.1, 0.15) is 54.6 Å². The van der Waals surface area contributed by atoms with Crippen LogP contribution in [-0.2, 0) is 6.18 Å². The van der Waals surface area contributed by atoms with Gasteiger partial charge in [-0.2, -0.15) is 13.2 Å². The number of aromatic amines is 1. The summed E-state index contributed by atoms with van der Waals surface area (Å²) in [5, 5.41) is 0. The fourth-order valence-corrected chi connectivity index (χ4v) is 3.87. The van der Waals surface area contributed by atoms with E-state index in [9.17, 15) is 22.8 Å². The lowest BCUT2D eigenvalue weighted by Gasteiger charge is -2.36. The van der Waals surface area contributed by atoms with Gasteiger partial charge in [0.05, 0.1) is 0 Å². The van der Waals surface area contributed by atoms with Crippen LogP contribution in [0, 0.1) is 0 Å². The number of rotatable bonds is 4. The van der Waals surface area contributed by atoms with E-state index in [1.54, 1.807) is 9.88 Å². The summed E-state index contributed by atoms with van der Waals surface area (Å²) in [5.41, 5.74) is -2.33. The Labute approximate surface area is 150 Å². The number of H-pyrrole nitrogens is 1. The first kappa shape index (κ1) is 18.9. The highest BCUT2D eigenvalue weighted by atomic mass is 19.4. The second-order valence-electron chi connectivity index (χ2n) is 7.10. The molecule has 1 unspecified atom stereocenters. The van der Waals surface area contributed by atoms with Crippen molar-refractivity contribution in [2.24, 2.45) is 0 Å². The number of nitrogens with zero attached hydrogens (tertiary/aromatic N) is 2. The molecule has 26 heavy (non-hydrogen) atoms. The van der Waals surface area contributed by atoms with Crippen molar-refractivity contribution in [1.29, 1.82) is 0 Å². The third kappa shape index (κ3) is 4.28. The second-order valence-corrected chi connectivity index (χ2v) is 7.10. The van der Waals surface area contributed by atoms with Crippen molar-refractivity contribution >= 4 is 5.91 Å². The molecule has 0 radical (unpaired) electrons. The molecule has 3 rings (SSSR count). The van der Waals surface area contributed by atoms with Crippen LogP contribution in [0.15, 0.2) is 16.9 Å². The van der Waals surface area contributed by atoms with Crippen molar-refractivity contribution in [2.75, 3.05) is 26.2 Å². The largest absolute Gasteiger partial charge is 0.431 e. The van der Waals surface area contributed by atoms with E-state index in [2.05, 4.69) is 4.90 Å². The maximum absolute atomic E-state index is 12.8. The first-order valence-corrected chi connectivity index (χ1v) is 9.20. The number of hydrogen-bond donors (Lipinski definition) is 1. The average Bonchev–Trinajstić information content (AvgIpc) is 3.12. The summed E-state index contributed by atoms with van der Waals surface area (Å²) in [5.74, 6) is -0.467. The van der Waals surface area contributed by atoms with Gasteiger partial charge in [-0.3, -0.25) is 9.59 Å². The summed E-state index contributed by atoms with van der Waals surface area (Å²) < 4.78 is 38.1. The highest BCUT2D eigenvalue weighted by Crippen LogP contribution is 2.27. The number of nitrogens with one attached hydrogen (secondary N) is 1. The maximum atomic E-state index is 12.8. The molecule has 0 saturated carbocycles. The molecule has 8 heteroatoms. The van der Waals surface area contributed by atoms with E-state index >= 15 is 0 Å². The fourth-order valence-electron chi connectivity index (χ4n) is 3.87. The molecule has 2 aliphatic heterocycles. The quantitative estimate of drug-likeness (QED) is 0.886. The Morgan fingerprint density at radius 1 is 1.12 bits per heavy atom. The van der Waals surface area contributed by atoms with Crippen LogP contribution >= 0.6 is 0 Å². The van der Waals surface area contributed by atoms with Crippen LogP contribution < -0.4 is 5.56 Å². The number of halogens is 3. The SMILES string of the molecule is O=C(c1ccc(C(F)(F)F)[nH]c1=O)N1CCCCC1CCN1CCCC1. The molecule has 3 heterocycles. The van der Waals surface area contributed by atoms with Crippen LogP contribution in [0.4, 0.5) is 13.2 Å².